The van der Waals surface area contributed by atoms with Crippen molar-refractivity contribution in [3.8, 4) is 5.75 Å². The molecule has 112 valence electrons. The summed E-state index contributed by atoms with van der Waals surface area (Å²) in [7, 11) is 0. The monoisotopic (exact) mass is 283 g/mol. The lowest BCUT2D eigenvalue weighted by Crippen LogP contribution is -2.39. The molecule has 1 aromatic carbocycles. The van der Waals surface area contributed by atoms with Gasteiger partial charge in [0.05, 0.1) is 13.2 Å². The van der Waals surface area contributed by atoms with Crippen LogP contribution in [0.15, 0.2) is 24.3 Å². The minimum atomic E-state index is -0.365. The summed E-state index contributed by atoms with van der Waals surface area (Å²) in [6.45, 7) is 5.29. The van der Waals surface area contributed by atoms with E-state index in [4.69, 9.17) is 9.47 Å². The van der Waals surface area contributed by atoms with Gasteiger partial charge in [-0.25, -0.2) is 4.39 Å². The van der Waals surface area contributed by atoms with Gasteiger partial charge in [-0.2, -0.15) is 0 Å². The normalized spacial score (nSPS) is 11.9. The molecule has 0 saturated carbocycles. The number of ether oxygens (including phenoxy) is 2. The summed E-state index contributed by atoms with van der Waals surface area (Å²) in [5.41, 5.74) is 0. The topological polar surface area (TPSA) is 47.6 Å². The van der Waals surface area contributed by atoms with Crippen molar-refractivity contribution in [3.63, 3.8) is 0 Å². The third-order valence-corrected chi connectivity index (χ3v) is 2.70. The summed E-state index contributed by atoms with van der Waals surface area (Å²) in [6.07, 6.45) is 1.45. The highest BCUT2D eigenvalue weighted by atomic mass is 19.1. The highest BCUT2D eigenvalue weighted by molar-refractivity contribution is 5.75. The van der Waals surface area contributed by atoms with Crippen LogP contribution in [0.3, 0.4) is 0 Å². The molecule has 0 aromatic heterocycles. The van der Waals surface area contributed by atoms with E-state index in [1.165, 1.54) is 12.1 Å². The average Bonchev–Trinajstić information content (AvgIpc) is 2.44. The van der Waals surface area contributed by atoms with Crippen molar-refractivity contribution >= 4 is 5.97 Å². The molecule has 0 radical (unpaired) electrons. The van der Waals surface area contributed by atoms with Gasteiger partial charge >= 0.3 is 5.97 Å². The lowest BCUT2D eigenvalue weighted by Gasteiger charge is -2.17. The van der Waals surface area contributed by atoms with Gasteiger partial charge in [-0.1, -0.05) is 6.92 Å². The molecule has 0 heterocycles. The molecule has 0 fully saturated rings. The quantitative estimate of drug-likeness (QED) is 0.707. The maximum atomic E-state index is 12.7. The van der Waals surface area contributed by atoms with Crippen LogP contribution in [-0.4, -0.2) is 31.8 Å². The fourth-order valence-electron chi connectivity index (χ4n) is 1.69. The number of hydrogen-bond donors (Lipinski definition) is 1. The van der Waals surface area contributed by atoms with Crippen molar-refractivity contribution in [1.29, 1.82) is 0 Å². The van der Waals surface area contributed by atoms with Gasteiger partial charge in [-0.05, 0) is 44.2 Å². The van der Waals surface area contributed by atoms with Crippen LogP contribution in [0, 0.1) is 5.82 Å². The van der Waals surface area contributed by atoms with E-state index < -0.39 is 0 Å². The molecule has 1 unspecified atom stereocenters. The number of rotatable bonds is 9. The van der Waals surface area contributed by atoms with E-state index in [0.29, 0.717) is 25.4 Å². The Kier molecular flexibility index (Phi) is 7.65. The molecule has 0 aliphatic heterocycles. The Morgan fingerprint density at radius 2 is 2.00 bits per heavy atom. The summed E-state index contributed by atoms with van der Waals surface area (Å²) in [5.74, 6) is 0.0273. The Morgan fingerprint density at radius 3 is 2.60 bits per heavy atom. The Morgan fingerprint density at radius 1 is 1.30 bits per heavy atom. The lowest BCUT2D eigenvalue weighted by atomic mass is 10.2. The standard InChI is InChI=1S/C15H22FNO3/c1-3-10-17-14(15(18)19-4-2)9-11-20-13-7-5-12(16)6-8-13/h5-8,14,17H,3-4,9-11H2,1-2H3. The summed E-state index contributed by atoms with van der Waals surface area (Å²) in [5, 5.41) is 3.13. The maximum absolute atomic E-state index is 12.7. The largest absolute Gasteiger partial charge is 0.494 e. The molecule has 1 atom stereocenters. The first-order valence-electron chi connectivity index (χ1n) is 6.95. The molecule has 0 amide bonds. The first-order valence-corrected chi connectivity index (χ1v) is 6.95. The van der Waals surface area contributed by atoms with Crippen molar-refractivity contribution in [1.82, 2.24) is 5.32 Å². The SMILES string of the molecule is CCCNC(CCOc1ccc(F)cc1)C(=O)OCC. The minimum absolute atomic E-state index is 0.261. The third-order valence-electron chi connectivity index (χ3n) is 2.70. The van der Waals surface area contributed by atoms with Crippen LogP contribution in [0.2, 0.25) is 0 Å². The smallest absolute Gasteiger partial charge is 0.323 e. The first-order chi connectivity index (χ1) is 9.67. The predicted molar refractivity (Wildman–Crippen MR) is 75.2 cm³/mol. The second kappa shape index (κ2) is 9.31. The molecule has 0 bridgehead atoms. The molecular weight excluding hydrogens is 261 g/mol. The number of nitrogens with one attached hydrogen (secondary N) is 1. The van der Waals surface area contributed by atoms with E-state index in [1.54, 1.807) is 19.1 Å². The van der Waals surface area contributed by atoms with E-state index in [9.17, 15) is 9.18 Å². The molecule has 20 heavy (non-hydrogen) atoms. The predicted octanol–water partition coefficient (Wildman–Crippen LogP) is 2.53. The van der Waals surface area contributed by atoms with Gasteiger partial charge in [0.25, 0.3) is 0 Å². The van der Waals surface area contributed by atoms with Crippen LogP contribution in [0.5, 0.6) is 5.75 Å². The van der Waals surface area contributed by atoms with Gasteiger partial charge in [0.2, 0.25) is 0 Å². The van der Waals surface area contributed by atoms with Crippen LogP contribution in [-0.2, 0) is 9.53 Å². The summed E-state index contributed by atoms with van der Waals surface area (Å²) in [4.78, 5) is 11.7. The molecule has 1 N–H and O–H groups in total. The first kappa shape index (κ1) is 16.4. The molecule has 0 aliphatic rings. The molecule has 0 spiro atoms. The number of carbonyl (C=O) groups excluding carboxylic acids is 1. The van der Waals surface area contributed by atoms with Gasteiger partial charge in [-0.15, -0.1) is 0 Å². The third kappa shape index (κ3) is 6.02. The van der Waals surface area contributed by atoms with E-state index in [0.717, 1.165) is 13.0 Å². The number of benzene rings is 1. The van der Waals surface area contributed by atoms with Crippen LogP contribution < -0.4 is 10.1 Å². The zero-order valence-electron chi connectivity index (χ0n) is 12.0. The Bertz CT molecular complexity index is 395. The molecule has 0 saturated heterocycles. The van der Waals surface area contributed by atoms with Crippen molar-refractivity contribution < 1.29 is 18.7 Å². The van der Waals surface area contributed by atoms with Crippen LogP contribution in [0.4, 0.5) is 4.39 Å². The lowest BCUT2D eigenvalue weighted by molar-refractivity contribution is -0.146. The zero-order chi connectivity index (χ0) is 14.8. The number of hydrogen-bond acceptors (Lipinski definition) is 4. The summed E-state index contributed by atoms with van der Waals surface area (Å²) < 4.78 is 23.2. The molecule has 1 aromatic rings. The van der Waals surface area contributed by atoms with Crippen molar-refractivity contribution in [2.75, 3.05) is 19.8 Å². The fraction of sp³-hybridized carbons (Fsp3) is 0.533. The van der Waals surface area contributed by atoms with E-state index in [-0.39, 0.29) is 17.8 Å². The van der Waals surface area contributed by atoms with Crippen LogP contribution in [0.1, 0.15) is 26.7 Å². The summed E-state index contributed by atoms with van der Waals surface area (Å²) in [6, 6.07) is 5.44. The number of halogens is 1. The van der Waals surface area contributed by atoms with E-state index in [2.05, 4.69) is 5.32 Å². The average molecular weight is 283 g/mol. The molecule has 5 heteroatoms. The number of carbonyl (C=O) groups is 1. The van der Waals surface area contributed by atoms with Gasteiger partial charge < -0.3 is 14.8 Å². The summed E-state index contributed by atoms with van der Waals surface area (Å²) >= 11 is 0. The second-order valence-electron chi connectivity index (χ2n) is 4.35. The van der Waals surface area contributed by atoms with Gasteiger partial charge in [0.15, 0.2) is 0 Å². The number of esters is 1. The maximum Gasteiger partial charge on any atom is 0.323 e. The minimum Gasteiger partial charge on any atom is -0.494 e. The van der Waals surface area contributed by atoms with Gasteiger partial charge in [0.1, 0.15) is 17.6 Å². The Labute approximate surface area is 119 Å². The van der Waals surface area contributed by atoms with Crippen molar-refractivity contribution in [2.24, 2.45) is 0 Å². The Hall–Kier alpha value is -1.62. The van der Waals surface area contributed by atoms with Crippen LogP contribution >= 0.6 is 0 Å². The fourth-order valence-corrected chi connectivity index (χ4v) is 1.69. The zero-order valence-corrected chi connectivity index (χ0v) is 12.0. The molecule has 1 rings (SSSR count). The van der Waals surface area contributed by atoms with E-state index >= 15 is 0 Å². The molecule has 0 aliphatic carbocycles. The second-order valence-corrected chi connectivity index (χ2v) is 4.35. The molecular formula is C15H22FNO3. The molecule has 4 nitrogen and oxygen atoms in total. The van der Waals surface area contributed by atoms with E-state index in [1.807, 2.05) is 6.92 Å². The Balaban J connectivity index is 2.40. The van der Waals surface area contributed by atoms with Crippen molar-refractivity contribution in [2.45, 2.75) is 32.7 Å². The highest BCUT2D eigenvalue weighted by Gasteiger charge is 2.18. The van der Waals surface area contributed by atoms with Crippen molar-refractivity contribution in [3.05, 3.63) is 30.1 Å². The van der Waals surface area contributed by atoms with Gasteiger partial charge in [-0.3, -0.25) is 4.79 Å². The van der Waals surface area contributed by atoms with Gasteiger partial charge in [0, 0.05) is 6.42 Å². The highest BCUT2D eigenvalue weighted by Crippen LogP contribution is 2.11. The van der Waals surface area contributed by atoms with Crippen LogP contribution in [0.25, 0.3) is 0 Å².